The van der Waals surface area contributed by atoms with Gasteiger partial charge in [-0.2, -0.15) is 0 Å². The number of carbonyl (C=O) groups is 2. The smallest absolute Gasteiger partial charge is 0.344 e. The zero-order valence-electron chi connectivity index (χ0n) is 12.3. The van der Waals surface area contributed by atoms with Gasteiger partial charge >= 0.3 is 5.97 Å². The molecule has 2 aromatic rings. The van der Waals surface area contributed by atoms with E-state index in [4.69, 9.17) is 21.1 Å². The Labute approximate surface area is 141 Å². The van der Waals surface area contributed by atoms with Crippen molar-refractivity contribution >= 4 is 29.0 Å². The Balaban J connectivity index is 1.80. The number of hydrogen-bond acceptors (Lipinski definition) is 6. The van der Waals surface area contributed by atoms with Crippen LogP contribution in [0.25, 0.3) is 0 Å². The highest BCUT2D eigenvalue weighted by Crippen LogP contribution is 2.17. The minimum Gasteiger partial charge on any atom is -0.482 e. The van der Waals surface area contributed by atoms with Crippen molar-refractivity contribution in [1.29, 1.82) is 0 Å². The van der Waals surface area contributed by atoms with Crippen LogP contribution in [0.4, 0.5) is 5.69 Å². The van der Waals surface area contributed by atoms with Gasteiger partial charge in [-0.05, 0) is 24.3 Å². The van der Waals surface area contributed by atoms with Crippen molar-refractivity contribution < 1.29 is 24.0 Å². The fourth-order valence-corrected chi connectivity index (χ4v) is 2.00. The topological polar surface area (TPSA) is 95.7 Å². The number of non-ortho nitro benzene ring substituents is 1. The fourth-order valence-electron chi connectivity index (χ4n) is 1.76. The quantitative estimate of drug-likeness (QED) is 0.330. The Morgan fingerprint density at radius 1 is 1.04 bits per heavy atom. The molecule has 0 fully saturated rings. The van der Waals surface area contributed by atoms with Gasteiger partial charge in [-0.15, -0.1) is 0 Å². The maximum absolute atomic E-state index is 11.9. The third kappa shape index (κ3) is 4.79. The summed E-state index contributed by atoms with van der Waals surface area (Å²) >= 11 is 5.88. The number of benzene rings is 2. The summed E-state index contributed by atoms with van der Waals surface area (Å²) in [5.41, 5.74) is 0.179. The van der Waals surface area contributed by atoms with Crippen LogP contribution in [0.3, 0.4) is 0 Å². The molecule has 0 aliphatic carbocycles. The van der Waals surface area contributed by atoms with E-state index in [1.165, 1.54) is 30.3 Å². The molecule has 0 aliphatic heterocycles. The van der Waals surface area contributed by atoms with Gasteiger partial charge in [0.2, 0.25) is 5.78 Å². The van der Waals surface area contributed by atoms with Crippen LogP contribution in [0.1, 0.15) is 10.4 Å². The first-order chi connectivity index (χ1) is 11.5. The summed E-state index contributed by atoms with van der Waals surface area (Å²) in [5.74, 6) is -0.895. The minimum absolute atomic E-state index is 0.0877. The van der Waals surface area contributed by atoms with Crippen LogP contribution < -0.4 is 4.74 Å². The summed E-state index contributed by atoms with van der Waals surface area (Å²) in [5, 5.41) is 10.8. The van der Waals surface area contributed by atoms with Crippen LogP contribution >= 0.6 is 11.6 Å². The highest BCUT2D eigenvalue weighted by atomic mass is 35.5. The van der Waals surface area contributed by atoms with Crippen molar-refractivity contribution in [1.82, 2.24) is 0 Å². The molecule has 0 N–H and O–H groups in total. The number of nitro benzene ring substituents is 1. The van der Waals surface area contributed by atoms with E-state index in [-0.39, 0.29) is 22.0 Å². The first-order valence-electron chi connectivity index (χ1n) is 6.78. The van der Waals surface area contributed by atoms with Gasteiger partial charge in [0.15, 0.2) is 13.2 Å². The first kappa shape index (κ1) is 17.4. The molecule has 124 valence electrons. The Morgan fingerprint density at radius 3 is 2.33 bits per heavy atom. The molecule has 8 heteroatoms. The van der Waals surface area contributed by atoms with Crippen molar-refractivity contribution in [3.8, 4) is 5.75 Å². The number of hydrogen-bond donors (Lipinski definition) is 0. The first-order valence-corrected chi connectivity index (χ1v) is 7.16. The number of carbonyl (C=O) groups excluding carboxylic acids is 2. The standard InChI is InChI=1S/C16H12ClNO6/c17-14-4-2-1-3-13(14)15(19)9-24-16(20)10-23-12-7-5-11(6-8-12)18(21)22/h1-8H,9-10H2. The predicted molar refractivity (Wildman–Crippen MR) is 85.3 cm³/mol. The van der Waals surface area contributed by atoms with E-state index >= 15 is 0 Å². The molecule has 0 amide bonds. The number of rotatable bonds is 7. The van der Waals surface area contributed by atoms with Gasteiger partial charge in [0.05, 0.1) is 9.95 Å². The van der Waals surface area contributed by atoms with Crippen LogP contribution in [0.5, 0.6) is 5.75 Å². The van der Waals surface area contributed by atoms with E-state index < -0.39 is 29.9 Å². The molecule has 0 unspecified atom stereocenters. The molecule has 0 saturated heterocycles. The highest BCUT2D eigenvalue weighted by molar-refractivity contribution is 6.34. The maximum Gasteiger partial charge on any atom is 0.344 e. The number of esters is 1. The number of ketones is 1. The van der Waals surface area contributed by atoms with Crippen molar-refractivity contribution in [2.45, 2.75) is 0 Å². The molecule has 0 atom stereocenters. The average Bonchev–Trinajstić information content (AvgIpc) is 2.58. The molecule has 0 aromatic heterocycles. The molecule has 0 bridgehead atoms. The molecule has 0 aliphatic rings. The molecule has 0 spiro atoms. The molecular formula is C16H12ClNO6. The minimum atomic E-state index is -0.742. The van der Waals surface area contributed by atoms with E-state index in [0.717, 1.165) is 0 Å². The maximum atomic E-state index is 11.9. The van der Waals surface area contributed by atoms with Crippen LogP contribution in [-0.2, 0) is 9.53 Å². The third-order valence-corrected chi connectivity index (χ3v) is 3.27. The summed E-state index contributed by atoms with van der Waals surface area (Å²) in [6, 6.07) is 11.7. The zero-order chi connectivity index (χ0) is 17.5. The molecule has 0 radical (unpaired) electrons. The van der Waals surface area contributed by atoms with Crippen LogP contribution in [0, 0.1) is 10.1 Å². The molecule has 0 saturated carbocycles. The van der Waals surface area contributed by atoms with E-state index in [1.54, 1.807) is 18.2 Å². The second-order valence-corrected chi connectivity index (χ2v) is 5.01. The lowest BCUT2D eigenvalue weighted by molar-refractivity contribution is -0.384. The van der Waals surface area contributed by atoms with Crippen LogP contribution in [0.15, 0.2) is 48.5 Å². The molecule has 2 rings (SSSR count). The summed E-state index contributed by atoms with van der Waals surface area (Å²) in [4.78, 5) is 33.4. The van der Waals surface area contributed by atoms with Gasteiger partial charge < -0.3 is 9.47 Å². The van der Waals surface area contributed by atoms with E-state index in [2.05, 4.69) is 0 Å². The predicted octanol–water partition coefficient (Wildman–Crippen LogP) is 3.05. The lowest BCUT2D eigenvalue weighted by atomic mass is 10.1. The SMILES string of the molecule is O=C(COc1ccc([N+](=O)[O-])cc1)OCC(=O)c1ccccc1Cl. The third-order valence-electron chi connectivity index (χ3n) is 2.94. The number of ether oxygens (including phenoxy) is 2. The van der Waals surface area contributed by atoms with E-state index in [0.29, 0.717) is 0 Å². The Kier molecular flexibility index (Phi) is 5.86. The van der Waals surface area contributed by atoms with Crippen molar-refractivity contribution in [3.63, 3.8) is 0 Å². The Bertz CT molecular complexity index is 759. The fraction of sp³-hybridized carbons (Fsp3) is 0.125. The molecule has 24 heavy (non-hydrogen) atoms. The summed E-state index contributed by atoms with van der Waals surface area (Å²) in [6.07, 6.45) is 0. The number of nitro groups is 1. The van der Waals surface area contributed by atoms with Crippen molar-refractivity contribution in [3.05, 3.63) is 69.2 Å². The monoisotopic (exact) mass is 349 g/mol. The highest BCUT2D eigenvalue weighted by Gasteiger charge is 2.13. The van der Waals surface area contributed by atoms with Crippen LogP contribution in [-0.4, -0.2) is 29.9 Å². The Morgan fingerprint density at radius 2 is 1.71 bits per heavy atom. The van der Waals surface area contributed by atoms with Gasteiger partial charge in [-0.1, -0.05) is 23.7 Å². The second kappa shape index (κ2) is 8.07. The molecule has 2 aromatic carbocycles. The number of nitrogens with zero attached hydrogens (tertiary/aromatic N) is 1. The zero-order valence-corrected chi connectivity index (χ0v) is 13.1. The summed E-state index contributed by atoms with van der Waals surface area (Å²) < 4.78 is 9.95. The summed E-state index contributed by atoms with van der Waals surface area (Å²) in [7, 11) is 0. The van der Waals surface area contributed by atoms with E-state index in [9.17, 15) is 19.7 Å². The average molecular weight is 350 g/mol. The normalized spacial score (nSPS) is 10.0. The van der Waals surface area contributed by atoms with Gasteiger partial charge in [-0.3, -0.25) is 14.9 Å². The molecular weight excluding hydrogens is 338 g/mol. The Hall–Kier alpha value is -2.93. The van der Waals surface area contributed by atoms with Crippen molar-refractivity contribution in [2.75, 3.05) is 13.2 Å². The number of Topliss-reactive ketones (excluding diaryl/α,β-unsaturated/α-hetero) is 1. The van der Waals surface area contributed by atoms with Gasteiger partial charge in [0, 0.05) is 17.7 Å². The van der Waals surface area contributed by atoms with Gasteiger partial charge in [0.25, 0.3) is 5.69 Å². The summed E-state index contributed by atoms with van der Waals surface area (Å²) in [6.45, 7) is -0.875. The lowest BCUT2D eigenvalue weighted by Crippen LogP contribution is -2.19. The lowest BCUT2D eigenvalue weighted by Gasteiger charge is -2.07. The number of halogens is 1. The molecule has 7 nitrogen and oxygen atoms in total. The second-order valence-electron chi connectivity index (χ2n) is 4.60. The largest absolute Gasteiger partial charge is 0.482 e. The van der Waals surface area contributed by atoms with Crippen LogP contribution in [0.2, 0.25) is 5.02 Å². The van der Waals surface area contributed by atoms with Gasteiger partial charge in [-0.25, -0.2) is 4.79 Å². The van der Waals surface area contributed by atoms with Gasteiger partial charge in [0.1, 0.15) is 5.75 Å². The van der Waals surface area contributed by atoms with Crippen molar-refractivity contribution in [2.24, 2.45) is 0 Å². The molecule has 0 heterocycles. The van der Waals surface area contributed by atoms with E-state index in [1.807, 2.05) is 0 Å².